The molecule has 1 N–H and O–H groups in total. The quantitative estimate of drug-likeness (QED) is 0.824. The lowest BCUT2D eigenvalue weighted by Gasteiger charge is -2.15. The largest absolute Gasteiger partial charge is 0.497 e. The summed E-state index contributed by atoms with van der Waals surface area (Å²) in [6.45, 7) is 1.56. The molecule has 6 nitrogen and oxygen atoms in total. The van der Waals surface area contributed by atoms with Gasteiger partial charge in [0, 0.05) is 18.3 Å². The molecule has 0 radical (unpaired) electrons. The first kappa shape index (κ1) is 15.3. The number of nitrogens with zero attached hydrogens (tertiary/aromatic N) is 1. The number of carbonyl (C=O) groups is 2. The van der Waals surface area contributed by atoms with E-state index in [1.807, 2.05) is 23.1 Å². The number of ether oxygens (including phenoxy) is 2. The number of methoxy groups -OCH3 is 2. The second kappa shape index (κ2) is 7.08. The monoisotopic (exact) mass is 292 g/mol. The maximum Gasteiger partial charge on any atom is 0.310 e. The van der Waals surface area contributed by atoms with E-state index in [-0.39, 0.29) is 24.3 Å². The Morgan fingerprint density at radius 2 is 2.19 bits per heavy atom. The number of likely N-dealkylation sites (tertiary alicyclic amines) is 1. The number of hydrogen-bond acceptors (Lipinski definition) is 5. The number of benzene rings is 1. The fourth-order valence-electron chi connectivity index (χ4n) is 2.44. The van der Waals surface area contributed by atoms with Crippen molar-refractivity contribution in [2.24, 2.45) is 5.92 Å². The third-order valence-electron chi connectivity index (χ3n) is 3.53. The average molecular weight is 292 g/mol. The third-order valence-corrected chi connectivity index (χ3v) is 3.53. The molecule has 1 atom stereocenters. The molecule has 0 spiro atoms. The number of amides is 1. The molecule has 2 rings (SSSR count). The molecule has 1 aliphatic rings. The van der Waals surface area contributed by atoms with Gasteiger partial charge in [0.15, 0.2) is 0 Å². The van der Waals surface area contributed by atoms with Crippen LogP contribution in [-0.2, 0) is 14.3 Å². The van der Waals surface area contributed by atoms with Crippen molar-refractivity contribution in [1.82, 2.24) is 4.90 Å². The molecule has 6 heteroatoms. The van der Waals surface area contributed by atoms with E-state index < -0.39 is 0 Å². The second-order valence-corrected chi connectivity index (χ2v) is 5.02. The van der Waals surface area contributed by atoms with E-state index in [1.54, 1.807) is 13.2 Å². The van der Waals surface area contributed by atoms with Gasteiger partial charge in [0.25, 0.3) is 0 Å². The molecule has 1 fully saturated rings. The smallest absolute Gasteiger partial charge is 0.310 e. The van der Waals surface area contributed by atoms with Gasteiger partial charge in [-0.3, -0.25) is 14.5 Å². The second-order valence-electron chi connectivity index (χ2n) is 5.02. The van der Waals surface area contributed by atoms with Gasteiger partial charge in [-0.05, 0) is 25.1 Å². The minimum Gasteiger partial charge on any atom is -0.497 e. The fourth-order valence-corrected chi connectivity index (χ4v) is 2.44. The Morgan fingerprint density at radius 1 is 1.38 bits per heavy atom. The molecule has 114 valence electrons. The highest BCUT2D eigenvalue weighted by molar-refractivity contribution is 5.92. The highest BCUT2D eigenvalue weighted by atomic mass is 16.5. The molecule has 1 aromatic carbocycles. The van der Waals surface area contributed by atoms with Crippen molar-refractivity contribution < 1.29 is 19.1 Å². The first-order valence-electron chi connectivity index (χ1n) is 6.86. The van der Waals surface area contributed by atoms with Crippen molar-refractivity contribution in [1.29, 1.82) is 0 Å². The van der Waals surface area contributed by atoms with E-state index in [1.165, 1.54) is 7.11 Å². The molecular weight excluding hydrogens is 272 g/mol. The normalized spacial score (nSPS) is 18.3. The standard InChI is InChI=1S/C15H20N2O4/c1-20-13-5-3-4-12(8-13)16-14(18)10-17-7-6-11(9-17)15(19)21-2/h3-5,8,11H,6-7,9-10H2,1-2H3,(H,16,18). The van der Waals surface area contributed by atoms with E-state index in [0.717, 1.165) is 13.0 Å². The predicted octanol–water partition coefficient (Wildman–Crippen LogP) is 1.13. The molecule has 1 aromatic rings. The van der Waals surface area contributed by atoms with Crippen LogP contribution in [0.4, 0.5) is 5.69 Å². The van der Waals surface area contributed by atoms with Gasteiger partial charge in [-0.15, -0.1) is 0 Å². The van der Waals surface area contributed by atoms with Crippen LogP contribution in [0.3, 0.4) is 0 Å². The fraction of sp³-hybridized carbons (Fsp3) is 0.467. The summed E-state index contributed by atoms with van der Waals surface area (Å²) in [6.07, 6.45) is 0.735. The van der Waals surface area contributed by atoms with Gasteiger partial charge in [-0.25, -0.2) is 0 Å². The molecule has 21 heavy (non-hydrogen) atoms. The molecule has 0 saturated carbocycles. The summed E-state index contributed by atoms with van der Waals surface area (Å²) in [5.41, 5.74) is 0.697. The zero-order valence-corrected chi connectivity index (χ0v) is 12.3. The van der Waals surface area contributed by atoms with Crippen molar-refractivity contribution in [2.75, 3.05) is 39.2 Å². The van der Waals surface area contributed by atoms with E-state index in [4.69, 9.17) is 9.47 Å². The van der Waals surface area contributed by atoms with Crippen LogP contribution in [0.2, 0.25) is 0 Å². The maximum atomic E-state index is 12.0. The van der Waals surface area contributed by atoms with Crippen molar-refractivity contribution >= 4 is 17.6 Å². The van der Waals surface area contributed by atoms with Gasteiger partial charge >= 0.3 is 5.97 Å². The van der Waals surface area contributed by atoms with Crippen LogP contribution < -0.4 is 10.1 Å². The molecule has 0 aliphatic carbocycles. The Bertz CT molecular complexity index is 518. The maximum absolute atomic E-state index is 12.0. The van der Waals surface area contributed by atoms with E-state index >= 15 is 0 Å². The highest BCUT2D eigenvalue weighted by Crippen LogP contribution is 2.19. The lowest BCUT2D eigenvalue weighted by Crippen LogP contribution is -2.32. The molecule has 1 unspecified atom stereocenters. The molecule has 1 amide bonds. The predicted molar refractivity (Wildman–Crippen MR) is 78.2 cm³/mol. The minimum atomic E-state index is -0.203. The average Bonchev–Trinajstić information content (AvgIpc) is 2.94. The Morgan fingerprint density at radius 3 is 2.90 bits per heavy atom. The summed E-state index contributed by atoms with van der Waals surface area (Å²) < 4.78 is 9.84. The SMILES string of the molecule is COC(=O)C1CCN(CC(=O)Nc2cccc(OC)c2)C1. The first-order valence-corrected chi connectivity index (χ1v) is 6.86. The Kier molecular flexibility index (Phi) is 5.16. The Hall–Kier alpha value is -2.08. The summed E-state index contributed by atoms with van der Waals surface area (Å²) in [7, 11) is 2.97. The summed E-state index contributed by atoms with van der Waals surface area (Å²) in [6, 6.07) is 7.20. The molecule has 1 saturated heterocycles. The van der Waals surface area contributed by atoms with Gasteiger partial charge in [0.05, 0.1) is 26.7 Å². The zero-order valence-electron chi connectivity index (χ0n) is 12.3. The van der Waals surface area contributed by atoms with Crippen molar-refractivity contribution in [3.8, 4) is 5.75 Å². The van der Waals surface area contributed by atoms with Crippen LogP contribution in [-0.4, -0.2) is 50.6 Å². The molecule has 0 aromatic heterocycles. The van der Waals surface area contributed by atoms with Crippen molar-refractivity contribution in [3.05, 3.63) is 24.3 Å². The number of anilines is 1. The van der Waals surface area contributed by atoms with Gasteiger partial charge in [-0.1, -0.05) is 6.07 Å². The summed E-state index contributed by atoms with van der Waals surface area (Å²) in [4.78, 5) is 25.4. The van der Waals surface area contributed by atoms with E-state index in [2.05, 4.69) is 5.32 Å². The van der Waals surface area contributed by atoms with Gasteiger partial charge in [0.2, 0.25) is 5.91 Å². The first-order chi connectivity index (χ1) is 10.1. The van der Waals surface area contributed by atoms with Crippen LogP contribution in [0.15, 0.2) is 24.3 Å². The number of nitrogens with one attached hydrogen (secondary N) is 1. The Balaban J connectivity index is 1.83. The van der Waals surface area contributed by atoms with Crippen molar-refractivity contribution in [3.63, 3.8) is 0 Å². The topological polar surface area (TPSA) is 67.9 Å². The Labute approximate surface area is 124 Å². The van der Waals surface area contributed by atoms with Gasteiger partial charge in [-0.2, -0.15) is 0 Å². The number of rotatable bonds is 5. The van der Waals surface area contributed by atoms with Crippen LogP contribution in [0, 0.1) is 5.92 Å². The van der Waals surface area contributed by atoms with Crippen LogP contribution in [0.1, 0.15) is 6.42 Å². The lowest BCUT2D eigenvalue weighted by atomic mass is 10.1. The number of carbonyl (C=O) groups excluding carboxylic acids is 2. The van der Waals surface area contributed by atoms with Gasteiger partial charge in [0.1, 0.15) is 5.75 Å². The summed E-state index contributed by atoms with van der Waals surface area (Å²) in [5.74, 6) is 0.263. The number of esters is 1. The minimum absolute atomic E-state index is 0.103. The molecule has 1 heterocycles. The summed E-state index contributed by atoms with van der Waals surface area (Å²) >= 11 is 0. The van der Waals surface area contributed by atoms with Crippen LogP contribution >= 0.6 is 0 Å². The molecule has 1 aliphatic heterocycles. The van der Waals surface area contributed by atoms with Crippen LogP contribution in [0.25, 0.3) is 0 Å². The zero-order chi connectivity index (χ0) is 15.2. The lowest BCUT2D eigenvalue weighted by molar-refractivity contribution is -0.145. The molecular formula is C15H20N2O4. The van der Waals surface area contributed by atoms with Crippen molar-refractivity contribution in [2.45, 2.75) is 6.42 Å². The van der Waals surface area contributed by atoms with Crippen LogP contribution in [0.5, 0.6) is 5.75 Å². The summed E-state index contributed by atoms with van der Waals surface area (Å²) in [5, 5.41) is 2.82. The number of hydrogen-bond donors (Lipinski definition) is 1. The molecule has 0 bridgehead atoms. The van der Waals surface area contributed by atoms with E-state index in [9.17, 15) is 9.59 Å². The van der Waals surface area contributed by atoms with E-state index in [0.29, 0.717) is 18.0 Å². The highest BCUT2D eigenvalue weighted by Gasteiger charge is 2.29. The van der Waals surface area contributed by atoms with Gasteiger partial charge < -0.3 is 14.8 Å². The third kappa shape index (κ3) is 4.19.